The van der Waals surface area contributed by atoms with Crippen LogP contribution in [0.25, 0.3) is 0 Å². The highest BCUT2D eigenvalue weighted by Gasteiger charge is 2.06. The van der Waals surface area contributed by atoms with Crippen molar-refractivity contribution in [2.24, 2.45) is 27.2 Å². The summed E-state index contributed by atoms with van der Waals surface area (Å²) < 4.78 is 0. The van der Waals surface area contributed by atoms with Crippen LogP contribution in [-0.4, -0.2) is 18.0 Å². The highest BCUT2D eigenvalue weighted by molar-refractivity contribution is 5.92. The van der Waals surface area contributed by atoms with Crippen LogP contribution in [-0.2, 0) is 0 Å². The lowest BCUT2D eigenvalue weighted by molar-refractivity contribution is 0.521. The summed E-state index contributed by atoms with van der Waals surface area (Å²) in [4.78, 5) is 8.07. The smallest absolute Gasteiger partial charge is 0.218 e. The molecule has 0 amide bonds. The van der Waals surface area contributed by atoms with E-state index in [2.05, 4.69) is 23.8 Å². The number of hydrogen-bond donors (Lipinski definition) is 3. The van der Waals surface area contributed by atoms with Gasteiger partial charge in [-0.2, -0.15) is 4.99 Å². The summed E-state index contributed by atoms with van der Waals surface area (Å²) in [5, 5.41) is 0. The first-order valence-electron chi connectivity index (χ1n) is 6.03. The van der Waals surface area contributed by atoms with Gasteiger partial charge in [0, 0.05) is 0 Å². The lowest BCUT2D eigenvalue weighted by Gasteiger charge is -2.11. The predicted molar refractivity (Wildman–Crippen MR) is 70.3 cm³/mol. The molecule has 0 aromatic heterocycles. The molecule has 0 aliphatic rings. The molecule has 0 rings (SSSR count). The van der Waals surface area contributed by atoms with Crippen LogP contribution in [0.2, 0.25) is 0 Å². The monoisotopic (exact) mass is 227 g/mol. The molecule has 0 bridgehead atoms. The molecule has 6 N–H and O–H groups in total. The second-order valence-electron chi connectivity index (χ2n) is 3.96. The molecule has 0 aromatic carbocycles. The van der Waals surface area contributed by atoms with E-state index < -0.39 is 0 Å². The van der Waals surface area contributed by atoms with Gasteiger partial charge in [0.15, 0.2) is 5.96 Å². The minimum Gasteiger partial charge on any atom is -0.370 e. The topological polar surface area (TPSA) is 103 Å². The number of unbranched alkanes of at least 4 members (excludes halogenated alkanes) is 2. The fourth-order valence-corrected chi connectivity index (χ4v) is 1.50. The summed E-state index contributed by atoms with van der Waals surface area (Å²) in [6, 6.07) is 0.253. The maximum atomic E-state index is 5.62. The Morgan fingerprint density at radius 1 is 1.00 bits per heavy atom. The predicted octanol–water partition coefficient (Wildman–Crippen LogP) is 1.32. The van der Waals surface area contributed by atoms with Crippen LogP contribution in [0.5, 0.6) is 0 Å². The Morgan fingerprint density at radius 3 is 1.88 bits per heavy atom. The van der Waals surface area contributed by atoms with E-state index >= 15 is 0 Å². The summed E-state index contributed by atoms with van der Waals surface area (Å²) in [5.74, 6) is 0.156. The van der Waals surface area contributed by atoms with Gasteiger partial charge >= 0.3 is 0 Å². The van der Waals surface area contributed by atoms with Crippen molar-refractivity contribution in [2.45, 2.75) is 58.4 Å². The summed E-state index contributed by atoms with van der Waals surface area (Å²) in [6.07, 6.45) is 6.76. The van der Waals surface area contributed by atoms with E-state index in [1.807, 2.05) is 0 Å². The molecule has 0 aliphatic carbocycles. The van der Waals surface area contributed by atoms with Gasteiger partial charge in [-0.15, -0.1) is 0 Å². The normalized spacial score (nSPS) is 11.8. The fraction of sp³-hybridized carbons (Fsp3) is 0.818. The molecular weight excluding hydrogens is 202 g/mol. The molecule has 94 valence electrons. The minimum absolute atomic E-state index is 0.0361. The molecule has 0 radical (unpaired) electrons. The largest absolute Gasteiger partial charge is 0.370 e. The Balaban J connectivity index is 4.31. The third-order valence-corrected chi connectivity index (χ3v) is 2.34. The van der Waals surface area contributed by atoms with Crippen molar-refractivity contribution in [3.8, 4) is 0 Å². The quantitative estimate of drug-likeness (QED) is 0.451. The van der Waals surface area contributed by atoms with Crippen LogP contribution in [0.4, 0.5) is 0 Å². The summed E-state index contributed by atoms with van der Waals surface area (Å²) in [7, 11) is 0. The molecule has 16 heavy (non-hydrogen) atoms. The first kappa shape index (κ1) is 14.7. The zero-order valence-corrected chi connectivity index (χ0v) is 10.4. The van der Waals surface area contributed by atoms with Gasteiger partial charge in [0.1, 0.15) is 0 Å². The van der Waals surface area contributed by atoms with Gasteiger partial charge < -0.3 is 17.2 Å². The molecule has 0 saturated heterocycles. The van der Waals surface area contributed by atoms with Crippen LogP contribution in [0.15, 0.2) is 9.98 Å². The molecule has 0 fully saturated rings. The molecule has 0 aromatic rings. The maximum absolute atomic E-state index is 5.62. The van der Waals surface area contributed by atoms with Gasteiger partial charge in [-0.1, -0.05) is 39.5 Å². The Labute approximate surface area is 98.2 Å². The lowest BCUT2D eigenvalue weighted by Crippen LogP contribution is -2.27. The van der Waals surface area contributed by atoms with Gasteiger partial charge in [0.25, 0.3) is 0 Å². The molecule has 5 nitrogen and oxygen atoms in total. The van der Waals surface area contributed by atoms with Crippen molar-refractivity contribution in [3.63, 3.8) is 0 Å². The molecule has 0 heterocycles. The maximum Gasteiger partial charge on any atom is 0.218 e. The molecule has 0 spiro atoms. The number of guanidine groups is 2. The minimum atomic E-state index is -0.0361. The van der Waals surface area contributed by atoms with E-state index in [-0.39, 0.29) is 18.0 Å². The Hall–Kier alpha value is -1.26. The average molecular weight is 227 g/mol. The van der Waals surface area contributed by atoms with Crippen LogP contribution in [0.1, 0.15) is 52.4 Å². The molecule has 5 heteroatoms. The van der Waals surface area contributed by atoms with E-state index in [1.165, 1.54) is 12.8 Å². The second kappa shape index (κ2) is 9.00. The SMILES string of the molecule is CCCCC(CCCC)N=C(N)N=C(N)N. The van der Waals surface area contributed by atoms with Crippen molar-refractivity contribution in [1.29, 1.82) is 0 Å². The molecule has 0 unspecified atom stereocenters. The van der Waals surface area contributed by atoms with E-state index in [1.54, 1.807) is 0 Å². The summed E-state index contributed by atoms with van der Waals surface area (Å²) in [5.41, 5.74) is 16.1. The number of rotatable bonds is 7. The van der Waals surface area contributed by atoms with Crippen LogP contribution < -0.4 is 17.2 Å². The van der Waals surface area contributed by atoms with Gasteiger partial charge in [-0.3, -0.25) is 0 Å². The Bertz CT molecular complexity index is 223. The van der Waals surface area contributed by atoms with E-state index in [9.17, 15) is 0 Å². The van der Waals surface area contributed by atoms with Crippen LogP contribution in [0.3, 0.4) is 0 Å². The number of hydrogen-bond acceptors (Lipinski definition) is 1. The first-order valence-corrected chi connectivity index (χ1v) is 6.03. The highest BCUT2D eigenvalue weighted by atomic mass is 15.1. The van der Waals surface area contributed by atoms with Crippen LogP contribution in [0, 0.1) is 0 Å². The van der Waals surface area contributed by atoms with Crippen LogP contribution >= 0.6 is 0 Å². The van der Waals surface area contributed by atoms with Crippen molar-refractivity contribution in [2.75, 3.05) is 0 Å². The number of nitrogens with two attached hydrogens (primary N) is 3. The van der Waals surface area contributed by atoms with Crippen molar-refractivity contribution >= 4 is 11.9 Å². The second-order valence-corrected chi connectivity index (χ2v) is 3.96. The van der Waals surface area contributed by atoms with Gasteiger partial charge in [0.2, 0.25) is 5.96 Å². The van der Waals surface area contributed by atoms with Gasteiger partial charge in [0.05, 0.1) is 6.04 Å². The van der Waals surface area contributed by atoms with Crippen molar-refractivity contribution in [1.82, 2.24) is 0 Å². The summed E-state index contributed by atoms with van der Waals surface area (Å²) >= 11 is 0. The molecule has 0 aliphatic heterocycles. The third-order valence-electron chi connectivity index (χ3n) is 2.34. The summed E-state index contributed by atoms with van der Waals surface area (Å²) in [6.45, 7) is 4.33. The van der Waals surface area contributed by atoms with Crippen molar-refractivity contribution < 1.29 is 0 Å². The van der Waals surface area contributed by atoms with Gasteiger partial charge in [-0.05, 0) is 12.8 Å². The lowest BCUT2D eigenvalue weighted by atomic mass is 10.0. The average Bonchev–Trinajstić information content (AvgIpc) is 2.20. The van der Waals surface area contributed by atoms with E-state index in [0.29, 0.717) is 0 Å². The number of aliphatic imine (C=N–C) groups is 2. The first-order chi connectivity index (χ1) is 7.60. The number of nitrogens with zero attached hydrogens (tertiary/aromatic N) is 2. The third kappa shape index (κ3) is 8.08. The van der Waals surface area contributed by atoms with Gasteiger partial charge in [-0.25, -0.2) is 4.99 Å². The Kier molecular flexibility index (Phi) is 8.29. The Morgan fingerprint density at radius 2 is 1.50 bits per heavy atom. The van der Waals surface area contributed by atoms with Crippen molar-refractivity contribution in [3.05, 3.63) is 0 Å². The van der Waals surface area contributed by atoms with E-state index in [0.717, 1.165) is 25.7 Å². The molecular formula is C11H25N5. The zero-order valence-electron chi connectivity index (χ0n) is 10.4. The molecule has 0 atom stereocenters. The fourth-order valence-electron chi connectivity index (χ4n) is 1.50. The molecule has 0 saturated carbocycles. The van der Waals surface area contributed by atoms with E-state index in [4.69, 9.17) is 17.2 Å². The standard InChI is InChI=1S/C11H25N5/c1-3-5-7-9(8-6-4-2)15-11(14)16-10(12)13/h9H,3-8H2,1-2H3,(H6,12,13,14,15,16). The zero-order chi connectivity index (χ0) is 12.4. The highest BCUT2D eigenvalue weighted by Crippen LogP contribution is 2.12.